The van der Waals surface area contributed by atoms with Crippen LogP contribution in [0.1, 0.15) is 28.0 Å². The number of aryl methyl sites for hydroxylation is 1. The quantitative estimate of drug-likeness (QED) is 0.804. The van der Waals surface area contributed by atoms with Gasteiger partial charge in [0.1, 0.15) is 14.8 Å². The minimum absolute atomic E-state index is 0.0500. The second kappa shape index (κ2) is 7.70. The van der Waals surface area contributed by atoms with E-state index in [1.54, 1.807) is 43.4 Å². The number of nitrogens with zero attached hydrogens (tertiary/aromatic N) is 3. The van der Waals surface area contributed by atoms with Crippen molar-refractivity contribution in [2.24, 2.45) is 7.05 Å². The van der Waals surface area contributed by atoms with Crippen LogP contribution in [-0.4, -0.2) is 61.6 Å². The van der Waals surface area contributed by atoms with Gasteiger partial charge in [-0.15, -0.1) is 11.3 Å². The Kier molecular flexibility index (Phi) is 5.71. The zero-order chi connectivity index (χ0) is 19.8. The van der Waals surface area contributed by atoms with Crippen LogP contribution in [0.4, 0.5) is 0 Å². The number of amides is 1. The largest absolute Gasteiger partial charge is 0.378 e. The third kappa shape index (κ3) is 3.79. The summed E-state index contributed by atoms with van der Waals surface area (Å²) < 4.78 is 34.5. The van der Waals surface area contributed by atoms with E-state index in [4.69, 9.17) is 4.74 Å². The Balaban J connectivity index is 1.97. The highest BCUT2D eigenvalue weighted by atomic mass is 32.2. The first-order valence-electron chi connectivity index (χ1n) is 8.77. The summed E-state index contributed by atoms with van der Waals surface area (Å²) in [7, 11) is -1.77. The Labute approximate surface area is 163 Å². The van der Waals surface area contributed by atoms with Crippen LogP contribution < -0.4 is 4.72 Å². The SMILES string of the molecule is CCNS(=O)(=O)c1cc(-c2nc(C)c(C(=O)N3CCOCC3)s2)n(C)c1C. The molecule has 1 amide bonds. The van der Waals surface area contributed by atoms with Gasteiger partial charge < -0.3 is 14.2 Å². The van der Waals surface area contributed by atoms with Crippen LogP contribution in [0.3, 0.4) is 0 Å². The van der Waals surface area contributed by atoms with E-state index < -0.39 is 10.0 Å². The van der Waals surface area contributed by atoms with Gasteiger partial charge in [-0.25, -0.2) is 18.1 Å². The fourth-order valence-corrected chi connectivity index (χ4v) is 5.45. The van der Waals surface area contributed by atoms with E-state index >= 15 is 0 Å². The van der Waals surface area contributed by atoms with Crippen LogP contribution in [0, 0.1) is 13.8 Å². The molecule has 1 aliphatic rings. The molecule has 1 fully saturated rings. The van der Waals surface area contributed by atoms with E-state index in [0.29, 0.717) is 59.8 Å². The number of ether oxygens (including phenoxy) is 1. The van der Waals surface area contributed by atoms with Gasteiger partial charge in [0.25, 0.3) is 5.91 Å². The van der Waals surface area contributed by atoms with Gasteiger partial charge in [0.05, 0.1) is 24.6 Å². The van der Waals surface area contributed by atoms with E-state index in [2.05, 4.69) is 9.71 Å². The molecule has 148 valence electrons. The smallest absolute Gasteiger partial charge is 0.266 e. The van der Waals surface area contributed by atoms with Crippen molar-refractivity contribution in [2.75, 3.05) is 32.8 Å². The van der Waals surface area contributed by atoms with Crippen LogP contribution in [0.5, 0.6) is 0 Å². The maximum absolute atomic E-state index is 12.8. The minimum Gasteiger partial charge on any atom is -0.378 e. The molecule has 1 N–H and O–H groups in total. The number of rotatable bonds is 5. The zero-order valence-electron chi connectivity index (χ0n) is 15.9. The van der Waals surface area contributed by atoms with E-state index in [9.17, 15) is 13.2 Å². The molecule has 3 heterocycles. The molecular weight excluding hydrogens is 388 g/mol. The van der Waals surface area contributed by atoms with E-state index in [1.165, 1.54) is 11.3 Å². The van der Waals surface area contributed by atoms with Crippen molar-refractivity contribution in [1.82, 2.24) is 19.2 Å². The van der Waals surface area contributed by atoms with Crippen LogP contribution in [0.25, 0.3) is 10.7 Å². The summed E-state index contributed by atoms with van der Waals surface area (Å²) in [5, 5.41) is 0.632. The number of hydrogen-bond donors (Lipinski definition) is 1. The average molecular weight is 413 g/mol. The zero-order valence-corrected chi connectivity index (χ0v) is 17.5. The Morgan fingerprint density at radius 1 is 1.33 bits per heavy atom. The third-order valence-corrected chi connectivity index (χ3v) is 7.45. The maximum Gasteiger partial charge on any atom is 0.266 e. The Morgan fingerprint density at radius 3 is 2.63 bits per heavy atom. The van der Waals surface area contributed by atoms with Gasteiger partial charge in [0.2, 0.25) is 10.0 Å². The molecule has 0 bridgehead atoms. The van der Waals surface area contributed by atoms with Crippen LogP contribution in [0.2, 0.25) is 0 Å². The fourth-order valence-electron chi connectivity index (χ4n) is 3.03. The number of nitrogens with one attached hydrogen (secondary N) is 1. The highest BCUT2D eigenvalue weighted by molar-refractivity contribution is 7.89. The normalized spacial score (nSPS) is 15.3. The summed E-state index contributed by atoms with van der Waals surface area (Å²) in [6.45, 7) is 7.84. The molecule has 3 rings (SSSR count). The highest BCUT2D eigenvalue weighted by Crippen LogP contribution is 2.32. The standard InChI is InChI=1S/C17H24N4O4S2/c1-5-18-27(23,24)14-10-13(20(4)12(14)3)16-19-11(2)15(26-16)17(22)21-6-8-25-9-7-21/h10,18H,5-9H2,1-4H3. The molecule has 0 aromatic carbocycles. The number of sulfonamides is 1. The van der Waals surface area contributed by atoms with Gasteiger partial charge in [-0.3, -0.25) is 4.79 Å². The lowest BCUT2D eigenvalue weighted by Gasteiger charge is -2.26. The summed E-state index contributed by atoms with van der Waals surface area (Å²) >= 11 is 1.30. The minimum atomic E-state index is -3.57. The first-order chi connectivity index (χ1) is 12.8. The van der Waals surface area contributed by atoms with Gasteiger partial charge in [0.15, 0.2) is 0 Å². The molecule has 1 saturated heterocycles. The molecular formula is C17H24N4O4S2. The molecule has 0 spiro atoms. The number of carbonyl (C=O) groups excluding carboxylic acids is 1. The summed E-state index contributed by atoms with van der Waals surface area (Å²) in [5.74, 6) is -0.0500. The molecule has 1 aliphatic heterocycles. The molecule has 0 atom stereocenters. The monoisotopic (exact) mass is 412 g/mol. The molecule has 2 aromatic heterocycles. The van der Waals surface area contributed by atoms with Crippen molar-refractivity contribution in [2.45, 2.75) is 25.7 Å². The predicted molar refractivity (Wildman–Crippen MR) is 104 cm³/mol. The maximum atomic E-state index is 12.8. The van der Waals surface area contributed by atoms with Crippen molar-refractivity contribution < 1.29 is 17.9 Å². The molecule has 0 aliphatic carbocycles. The van der Waals surface area contributed by atoms with Gasteiger partial charge in [-0.05, 0) is 19.9 Å². The molecule has 0 unspecified atom stereocenters. The van der Waals surface area contributed by atoms with E-state index in [1.807, 2.05) is 0 Å². The van der Waals surface area contributed by atoms with Gasteiger partial charge in [0, 0.05) is 32.4 Å². The van der Waals surface area contributed by atoms with E-state index in [-0.39, 0.29) is 10.8 Å². The second-order valence-corrected chi connectivity index (χ2v) is 9.11. The van der Waals surface area contributed by atoms with Gasteiger partial charge in [-0.2, -0.15) is 0 Å². The van der Waals surface area contributed by atoms with E-state index in [0.717, 1.165) is 0 Å². The molecule has 10 heteroatoms. The first-order valence-corrected chi connectivity index (χ1v) is 11.1. The lowest BCUT2D eigenvalue weighted by molar-refractivity contribution is 0.0305. The number of carbonyl (C=O) groups is 1. The van der Waals surface area contributed by atoms with Gasteiger partial charge in [-0.1, -0.05) is 6.92 Å². The van der Waals surface area contributed by atoms with Crippen molar-refractivity contribution in [3.05, 3.63) is 22.3 Å². The molecule has 2 aromatic rings. The predicted octanol–water partition coefficient (Wildman–Crippen LogP) is 1.54. The molecule has 0 radical (unpaired) electrons. The number of aromatic nitrogens is 2. The van der Waals surface area contributed by atoms with Crippen LogP contribution in [0.15, 0.2) is 11.0 Å². The average Bonchev–Trinajstić information content (AvgIpc) is 3.16. The lowest BCUT2D eigenvalue weighted by Crippen LogP contribution is -2.40. The fraction of sp³-hybridized carbons (Fsp3) is 0.529. The Bertz CT molecular complexity index is 956. The third-order valence-electron chi connectivity index (χ3n) is 4.62. The van der Waals surface area contributed by atoms with Crippen molar-refractivity contribution in [3.63, 3.8) is 0 Å². The Hall–Kier alpha value is -1.75. The topological polar surface area (TPSA) is 93.5 Å². The number of morpholine rings is 1. The van der Waals surface area contributed by atoms with Crippen molar-refractivity contribution in [3.8, 4) is 10.7 Å². The molecule has 0 saturated carbocycles. The molecule has 8 nitrogen and oxygen atoms in total. The summed E-state index contributed by atoms with van der Waals surface area (Å²) in [5.41, 5.74) is 1.96. The number of thiazole rings is 1. The number of hydrogen-bond acceptors (Lipinski definition) is 6. The van der Waals surface area contributed by atoms with Gasteiger partial charge >= 0.3 is 0 Å². The molecule has 27 heavy (non-hydrogen) atoms. The summed E-state index contributed by atoms with van der Waals surface area (Å²) in [4.78, 5) is 19.9. The van der Waals surface area contributed by atoms with Crippen molar-refractivity contribution in [1.29, 1.82) is 0 Å². The second-order valence-electron chi connectivity index (χ2n) is 6.38. The van der Waals surface area contributed by atoms with Crippen molar-refractivity contribution >= 4 is 27.3 Å². The summed E-state index contributed by atoms with van der Waals surface area (Å²) in [6, 6.07) is 1.62. The Morgan fingerprint density at radius 2 is 2.00 bits per heavy atom. The summed E-state index contributed by atoms with van der Waals surface area (Å²) in [6.07, 6.45) is 0. The van der Waals surface area contributed by atoms with Crippen LogP contribution >= 0.6 is 11.3 Å². The first kappa shape index (κ1) is 20.0. The highest BCUT2D eigenvalue weighted by Gasteiger charge is 2.26. The van der Waals surface area contributed by atoms with Crippen LogP contribution in [-0.2, 0) is 21.8 Å². The lowest BCUT2D eigenvalue weighted by atomic mass is 10.3.